The number of nitrogens with zero attached hydrogens (tertiary/aromatic N) is 3. The molecule has 2 aromatic heterocycles. The van der Waals surface area contributed by atoms with Crippen molar-refractivity contribution in [3.05, 3.63) is 48.0 Å². The molecule has 1 aromatic carbocycles. The van der Waals surface area contributed by atoms with E-state index in [1.807, 2.05) is 35.2 Å². The molecule has 130 valence electrons. The highest BCUT2D eigenvalue weighted by Crippen LogP contribution is 2.21. The summed E-state index contributed by atoms with van der Waals surface area (Å²) in [5.74, 6) is 1.64. The van der Waals surface area contributed by atoms with Crippen LogP contribution in [0.5, 0.6) is 0 Å². The van der Waals surface area contributed by atoms with Crippen molar-refractivity contribution >= 4 is 16.9 Å². The zero-order chi connectivity index (χ0) is 17.1. The second kappa shape index (κ2) is 7.09. The summed E-state index contributed by atoms with van der Waals surface area (Å²) in [7, 11) is 0. The van der Waals surface area contributed by atoms with Crippen LogP contribution in [-0.2, 0) is 17.6 Å². The lowest BCUT2D eigenvalue weighted by Gasteiger charge is -2.32. The van der Waals surface area contributed by atoms with Gasteiger partial charge < -0.3 is 9.88 Å². The van der Waals surface area contributed by atoms with Gasteiger partial charge in [-0.15, -0.1) is 0 Å². The fraction of sp³-hybridized carbons (Fsp3) is 0.421. The highest BCUT2D eigenvalue weighted by atomic mass is 16.2. The first kappa shape index (κ1) is 15.9. The number of piperidine rings is 1. The van der Waals surface area contributed by atoms with Crippen molar-refractivity contribution in [2.24, 2.45) is 5.92 Å². The summed E-state index contributed by atoms with van der Waals surface area (Å²) >= 11 is 0. The molecule has 1 fully saturated rings. The van der Waals surface area contributed by atoms with Crippen molar-refractivity contribution in [1.82, 2.24) is 25.1 Å². The number of hydrogen-bond donors (Lipinski definition) is 2. The molecule has 0 spiro atoms. The van der Waals surface area contributed by atoms with Gasteiger partial charge in [-0.2, -0.15) is 5.10 Å². The van der Waals surface area contributed by atoms with Crippen LogP contribution in [0, 0.1) is 5.92 Å². The predicted molar refractivity (Wildman–Crippen MR) is 96.0 cm³/mol. The Bertz CT molecular complexity index is 806. The molecule has 1 amide bonds. The van der Waals surface area contributed by atoms with Crippen LogP contribution in [0.25, 0.3) is 11.0 Å². The number of hydrogen-bond acceptors (Lipinski definition) is 3. The number of nitrogens with one attached hydrogen (secondary N) is 2. The Morgan fingerprint density at radius 2 is 2.20 bits per heavy atom. The molecule has 1 aliphatic rings. The Morgan fingerprint density at radius 3 is 3.04 bits per heavy atom. The third-order valence-electron chi connectivity index (χ3n) is 4.95. The highest BCUT2D eigenvalue weighted by molar-refractivity contribution is 5.77. The van der Waals surface area contributed by atoms with E-state index in [1.165, 1.54) is 6.42 Å². The first-order valence-electron chi connectivity index (χ1n) is 8.97. The number of aromatic nitrogens is 4. The van der Waals surface area contributed by atoms with Crippen LogP contribution in [0.1, 0.15) is 30.8 Å². The molecule has 6 heteroatoms. The lowest BCUT2D eigenvalue weighted by atomic mass is 9.93. The van der Waals surface area contributed by atoms with Gasteiger partial charge in [0.05, 0.1) is 11.0 Å². The lowest BCUT2D eigenvalue weighted by molar-refractivity contribution is -0.133. The van der Waals surface area contributed by atoms with Gasteiger partial charge in [-0.05, 0) is 43.4 Å². The average Bonchev–Trinajstić information content (AvgIpc) is 3.29. The van der Waals surface area contributed by atoms with Crippen LogP contribution in [0.2, 0.25) is 0 Å². The molecule has 1 aliphatic heterocycles. The second-order valence-corrected chi connectivity index (χ2v) is 6.83. The lowest BCUT2D eigenvalue weighted by Crippen LogP contribution is -2.40. The maximum Gasteiger partial charge on any atom is 0.223 e. The first-order chi connectivity index (χ1) is 12.3. The smallest absolute Gasteiger partial charge is 0.223 e. The minimum absolute atomic E-state index is 0.231. The van der Waals surface area contributed by atoms with Gasteiger partial charge >= 0.3 is 0 Å². The maximum atomic E-state index is 12.6. The van der Waals surface area contributed by atoms with E-state index in [-0.39, 0.29) is 5.91 Å². The zero-order valence-electron chi connectivity index (χ0n) is 14.2. The SMILES string of the molecule is O=C(CCc1nc2ccccc2[nH]1)N1CCC[C@@H](Cc2ccn[nH]2)C1. The number of H-pyrrole nitrogens is 2. The van der Waals surface area contributed by atoms with Gasteiger partial charge in [0, 0.05) is 37.8 Å². The van der Waals surface area contributed by atoms with Crippen LogP contribution in [0.4, 0.5) is 0 Å². The highest BCUT2D eigenvalue weighted by Gasteiger charge is 2.24. The Kier molecular flexibility index (Phi) is 4.50. The van der Waals surface area contributed by atoms with Gasteiger partial charge in [-0.1, -0.05) is 12.1 Å². The van der Waals surface area contributed by atoms with E-state index in [1.54, 1.807) is 6.20 Å². The van der Waals surface area contributed by atoms with Crippen molar-refractivity contribution in [3.8, 4) is 0 Å². The van der Waals surface area contributed by atoms with Gasteiger partial charge in [0.1, 0.15) is 5.82 Å². The van der Waals surface area contributed by atoms with Gasteiger partial charge in [0.25, 0.3) is 0 Å². The third-order valence-corrected chi connectivity index (χ3v) is 4.95. The van der Waals surface area contributed by atoms with E-state index >= 15 is 0 Å². The van der Waals surface area contributed by atoms with Gasteiger partial charge in [-0.3, -0.25) is 9.89 Å². The van der Waals surface area contributed by atoms with Crippen LogP contribution >= 0.6 is 0 Å². The Labute approximate surface area is 146 Å². The van der Waals surface area contributed by atoms with Crippen molar-refractivity contribution in [1.29, 1.82) is 0 Å². The molecule has 0 unspecified atom stereocenters. The molecular formula is C19H23N5O. The van der Waals surface area contributed by atoms with Gasteiger partial charge in [0.2, 0.25) is 5.91 Å². The average molecular weight is 337 g/mol. The minimum Gasteiger partial charge on any atom is -0.342 e. The predicted octanol–water partition coefficient (Wildman–Crippen LogP) is 2.70. The van der Waals surface area contributed by atoms with Crippen molar-refractivity contribution in [2.45, 2.75) is 32.1 Å². The standard InChI is InChI=1S/C19H23N5O/c25-19(8-7-18-21-16-5-1-2-6-17(16)22-18)24-11-3-4-14(13-24)12-15-9-10-20-23-15/h1-2,5-6,9-10,14H,3-4,7-8,11-13H2,(H,20,23)(H,21,22)/t14-/m0/s1. The summed E-state index contributed by atoms with van der Waals surface area (Å²) in [4.78, 5) is 22.5. The first-order valence-corrected chi connectivity index (χ1v) is 8.97. The number of aryl methyl sites for hydroxylation is 1. The summed E-state index contributed by atoms with van der Waals surface area (Å²) < 4.78 is 0. The van der Waals surface area contributed by atoms with E-state index in [4.69, 9.17) is 0 Å². The number of aromatic amines is 2. The molecule has 3 aromatic rings. The molecule has 0 radical (unpaired) electrons. The quantitative estimate of drug-likeness (QED) is 0.751. The Morgan fingerprint density at radius 1 is 1.28 bits per heavy atom. The molecule has 0 bridgehead atoms. The number of carbonyl (C=O) groups is 1. The zero-order valence-corrected chi connectivity index (χ0v) is 14.2. The van der Waals surface area contributed by atoms with Crippen molar-refractivity contribution in [3.63, 3.8) is 0 Å². The molecule has 0 aliphatic carbocycles. The van der Waals surface area contributed by atoms with Gasteiger partial charge in [0.15, 0.2) is 0 Å². The number of rotatable bonds is 5. The topological polar surface area (TPSA) is 77.7 Å². The van der Waals surface area contributed by atoms with Gasteiger partial charge in [-0.25, -0.2) is 4.98 Å². The van der Waals surface area contributed by atoms with Crippen LogP contribution in [0.15, 0.2) is 36.5 Å². The summed E-state index contributed by atoms with van der Waals surface area (Å²) in [6, 6.07) is 9.98. The Balaban J connectivity index is 1.32. The molecular weight excluding hydrogens is 314 g/mol. The number of para-hydroxylation sites is 2. The summed E-state index contributed by atoms with van der Waals surface area (Å²) in [6.07, 6.45) is 6.18. The van der Waals surface area contributed by atoms with E-state index in [9.17, 15) is 4.79 Å². The number of imidazole rings is 1. The molecule has 3 heterocycles. The maximum absolute atomic E-state index is 12.6. The number of benzene rings is 1. The molecule has 0 saturated carbocycles. The summed E-state index contributed by atoms with van der Waals surface area (Å²) in [6.45, 7) is 1.72. The fourth-order valence-electron chi connectivity index (χ4n) is 3.68. The molecule has 6 nitrogen and oxygen atoms in total. The third kappa shape index (κ3) is 3.73. The molecule has 1 atom stereocenters. The number of fused-ring (bicyclic) bond motifs is 1. The second-order valence-electron chi connectivity index (χ2n) is 6.83. The molecule has 1 saturated heterocycles. The van der Waals surface area contributed by atoms with E-state index in [2.05, 4.69) is 20.2 Å². The summed E-state index contributed by atoms with van der Waals surface area (Å²) in [5, 5.41) is 7.03. The number of carbonyl (C=O) groups excluding carboxylic acids is 1. The van der Waals surface area contributed by atoms with Crippen LogP contribution < -0.4 is 0 Å². The monoisotopic (exact) mass is 337 g/mol. The molecule has 2 N–H and O–H groups in total. The fourth-order valence-corrected chi connectivity index (χ4v) is 3.68. The van der Waals surface area contributed by atoms with E-state index in [0.29, 0.717) is 18.8 Å². The molecule has 4 rings (SSSR count). The normalized spacial score (nSPS) is 17.9. The largest absolute Gasteiger partial charge is 0.342 e. The van der Waals surface area contributed by atoms with Crippen molar-refractivity contribution < 1.29 is 4.79 Å². The van der Waals surface area contributed by atoms with Crippen molar-refractivity contribution in [2.75, 3.05) is 13.1 Å². The number of likely N-dealkylation sites (tertiary alicyclic amines) is 1. The number of amides is 1. The molecule has 25 heavy (non-hydrogen) atoms. The van der Waals surface area contributed by atoms with Crippen LogP contribution in [0.3, 0.4) is 0 Å². The summed E-state index contributed by atoms with van der Waals surface area (Å²) in [5.41, 5.74) is 3.15. The Hall–Kier alpha value is -2.63. The van der Waals surface area contributed by atoms with E-state index in [0.717, 1.165) is 48.5 Å². The minimum atomic E-state index is 0.231. The van der Waals surface area contributed by atoms with E-state index < -0.39 is 0 Å². The van der Waals surface area contributed by atoms with Crippen LogP contribution in [-0.4, -0.2) is 44.1 Å².